The molecular formula is C39H34N2O13S. The van der Waals surface area contributed by atoms with Crippen LogP contribution in [0.1, 0.15) is 28.7 Å². The Labute approximate surface area is 314 Å². The van der Waals surface area contributed by atoms with Gasteiger partial charge in [0.2, 0.25) is 5.91 Å². The third-order valence-corrected chi connectivity index (χ3v) is 10.9. The van der Waals surface area contributed by atoms with Crippen molar-refractivity contribution in [1.29, 1.82) is 0 Å². The first-order chi connectivity index (χ1) is 26.4. The number of carbonyl (C=O) groups excluding carboxylic acids is 4. The van der Waals surface area contributed by atoms with E-state index >= 15 is 0 Å². The maximum atomic E-state index is 13.7. The van der Waals surface area contributed by atoms with Gasteiger partial charge in [-0.1, -0.05) is 66.7 Å². The van der Waals surface area contributed by atoms with Gasteiger partial charge in [-0.2, -0.15) is 0 Å². The van der Waals surface area contributed by atoms with Crippen molar-refractivity contribution in [3.8, 4) is 11.5 Å². The molecule has 0 spiro atoms. The molecule has 55 heavy (non-hydrogen) atoms. The van der Waals surface area contributed by atoms with Crippen LogP contribution in [0.15, 0.2) is 114 Å². The lowest BCUT2D eigenvalue weighted by Gasteiger charge is -2.49. The van der Waals surface area contributed by atoms with Crippen molar-refractivity contribution in [2.45, 2.75) is 38.0 Å². The fourth-order valence-corrected chi connectivity index (χ4v) is 8.26. The summed E-state index contributed by atoms with van der Waals surface area (Å²) >= 11 is 0. The highest BCUT2D eigenvalue weighted by Crippen LogP contribution is 2.42. The van der Waals surface area contributed by atoms with Crippen LogP contribution in [0.3, 0.4) is 0 Å². The van der Waals surface area contributed by atoms with Gasteiger partial charge in [0.05, 0.1) is 23.2 Å². The van der Waals surface area contributed by atoms with E-state index in [0.717, 1.165) is 10.5 Å². The molecule has 16 heteroatoms. The van der Waals surface area contributed by atoms with Gasteiger partial charge in [-0.05, 0) is 46.5 Å². The number of β-lactam (4-membered cyclic amide) rings is 1. The average molecular weight is 771 g/mol. The summed E-state index contributed by atoms with van der Waals surface area (Å²) in [5.41, 5.74) is 2.05. The largest absolute Gasteiger partial charge is 0.514 e. The van der Waals surface area contributed by atoms with Crippen LogP contribution in [0.4, 0.5) is 10.5 Å². The van der Waals surface area contributed by atoms with Crippen LogP contribution in [0.2, 0.25) is 0 Å². The number of nitro groups is 1. The third-order valence-electron chi connectivity index (χ3n) is 8.87. The van der Waals surface area contributed by atoms with Crippen molar-refractivity contribution >= 4 is 39.3 Å². The van der Waals surface area contributed by atoms with Crippen molar-refractivity contribution < 1.29 is 56.6 Å². The minimum Gasteiger partial charge on any atom is -0.489 e. The molecule has 0 aliphatic carbocycles. The molecule has 4 aromatic rings. The molecule has 2 aliphatic rings. The van der Waals surface area contributed by atoms with E-state index in [2.05, 4.69) is 0 Å². The summed E-state index contributed by atoms with van der Waals surface area (Å²) in [6.45, 7) is -0.969. The highest BCUT2D eigenvalue weighted by Gasteiger charge is 2.60. The summed E-state index contributed by atoms with van der Waals surface area (Å²) in [6, 6.07) is 26.6. The molecule has 284 valence electrons. The van der Waals surface area contributed by atoms with Crippen LogP contribution in [0.25, 0.3) is 0 Å². The van der Waals surface area contributed by atoms with Crippen LogP contribution in [-0.4, -0.2) is 64.9 Å². The van der Waals surface area contributed by atoms with Gasteiger partial charge in [-0.25, -0.2) is 18.0 Å². The number of ketones is 1. The highest BCUT2D eigenvalue weighted by molar-refractivity contribution is 7.92. The zero-order chi connectivity index (χ0) is 39.1. The van der Waals surface area contributed by atoms with E-state index in [4.69, 9.17) is 18.9 Å². The van der Waals surface area contributed by atoms with Gasteiger partial charge in [0.1, 0.15) is 42.8 Å². The lowest BCUT2D eigenvalue weighted by atomic mass is 9.89. The van der Waals surface area contributed by atoms with Crippen LogP contribution in [0.5, 0.6) is 11.5 Å². The number of aliphatic hydroxyl groups is 1. The van der Waals surface area contributed by atoms with Crippen molar-refractivity contribution in [2.24, 2.45) is 5.92 Å². The van der Waals surface area contributed by atoms with Gasteiger partial charge in [0.25, 0.3) is 5.69 Å². The van der Waals surface area contributed by atoms with Crippen LogP contribution < -0.4 is 9.47 Å². The van der Waals surface area contributed by atoms with Crippen molar-refractivity contribution in [3.63, 3.8) is 0 Å². The summed E-state index contributed by atoms with van der Waals surface area (Å²) in [6.07, 6.45) is -1.33. The van der Waals surface area contributed by atoms with E-state index < -0.39 is 56.4 Å². The molecule has 1 saturated heterocycles. The van der Waals surface area contributed by atoms with E-state index in [1.54, 1.807) is 66.7 Å². The second-order valence-electron chi connectivity index (χ2n) is 12.7. The van der Waals surface area contributed by atoms with Gasteiger partial charge < -0.3 is 24.1 Å². The maximum absolute atomic E-state index is 13.7. The van der Waals surface area contributed by atoms with Crippen LogP contribution in [0, 0.1) is 16.0 Å². The smallest absolute Gasteiger partial charge is 0.489 e. The number of esters is 1. The Balaban J connectivity index is 1.14. The standard InChI is InChI=1S/C39H34N2O13S/c42-20-26-6-8-27(9-7-26)21-52-38(45)35-29(24-55(49,50)37-34(36(44)40(35)37)19-31(43)18-25-4-2-1-3-5-25)23-51-32-14-10-28(11-15-32)22-53-39(46)54-33-16-12-30(13-17-33)41(47)48/h1-17,34,37,42H,18-24H2. The van der Waals surface area contributed by atoms with Gasteiger partial charge in [-0.15, -0.1) is 0 Å². The minimum absolute atomic E-state index is 0.0133. The van der Waals surface area contributed by atoms with Gasteiger partial charge in [-0.3, -0.25) is 24.6 Å². The number of fused-ring (bicyclic) bond motifs is 1. The van der Waals surface area contributed by atoms with Crippen LogP contribution in [-0.2, 0) is 59.9 Å². The molecule has 1 fully saturated rings. The quantitative estimate of drug-likeness (QED) is 0.0578. The number of benzene rings is 4. The molecule has 15 nitrogen and oxygen atoms in total. The second kappa shape index (κ2) is 16.7. The number of ether oxygens (including phenoxy) is 4. The first kappa shape index (κ1) is 38.3. The average Bonchev–Trinajstić information content (AvgIpc) is 3.18. The molecule has 2 atom stereocenters. The number of hydrogen-bond donors (Lipinski definition) is 1. The number of nitro benzene ring substituents is 1. The summed E-state index contributed by atoms with van der Waals surface area (Å²) < 4.78 is 48.8. The summed E-state index contributed by atoms with van der Waals surface area (Å²) in [7, 11) is -4.08. The van der Waals surface area contributed by atoms with Crippen molar-refractivity contribution in [3.05, 3.63) is 147 Å². The Bertz CT molecular complexity index is 2220. The van der Waals surface area contributed by atoms with E-state index in [9.17, 15) is 42.8 Å². The Morgan fingerprint density at radius 3 is 2.02 bits per heavy atom. The molecule has 1 N–H and O–H groups in total. The van der Waals surface area contributed by atoms with E-state index in [0.29, 0.717) is 16.7 Å². The number of carbonyl (C=O) groups is 4. The summed E-state index contributed by atoms with van der Waals surface area (Å²) in [5.74, 6) is -3.43. The topological polar surface area (TPSA) is 206 Å². The van der Waals surface area contributed by atoms with E-state index in [1.165, 1.54) is 36.4 Å². The number of hydrogen-bond acceptors (Lipinski definition) is 13. The number of aliphatic hydroxyl groups excluding tert-OH is 1. The fourth-order valence-electron chi connectivity index (χ4n) is 6.14. The van der Waals surface area contributed by atoms with Crippen molar-refractivity contribution in [1.82, 2.24) is 4.90 Å². The monoisotopic (exact) mass is 770 g/mol. The normalized spacial score (nSPS) is 17.0. The summed E-state index contributed by atoms with van der Waals surface area (Å²) in [5, 5.41) is 18.7. The van der Waals surface area contributed by atoms with Gasteiger partial charge in [0.15, 0.2) is 15.2 Å². The fraction of sp³-hybridized carbons (Fsp3) is 0.231. The molecule has 2 aliphatic heterocycles. The number of amides is 1. The summed E-state index contributed by atoms with van der Waals surface area (Å²) in [4.78, 5) is 63.4. The van der Waals surface area contributed by atoms with Crippen LogP contribution >= 0.6 is 0 Å². The SMILES string of the molecule is O=C(Cc1ccccc1)CC1C(=O)N2C(C(=O)OCc3ccc(CO)cc3)=C(COc3ccc(COC(=O)Oc4ccc([N+](=O)[O-])cc4)cc3)CS(=O)(=O)C12. The zero-order valence-electron chi connectivity index (χ0n) is 29.1. The number of non-ortho nitro benzene ring substituents is 1. The number of Topliss-reactive ketones (excluding diaryl/α,β-unsaturated/α-hetero) is 1. The highest BCUT2D eigenvalue weighted by atomic mass is 32.2. The maximum Gasteiger partial charge on any atom is 0.514 e. The Morgan fingerprint density at radius 1 is 0.782 bits per heavy atom. The lowest BCUT2D eigenvalue weighted by Crippen LogP contribution is -2.67. The predicted molar refractivity (Wildman–Crippen MR) is 193 cm³/mol. The van der Waals surface area contributed by atoms with Crippen molar-refractivity contribution in [2.75, 3.05) is 12.4 Å². The second-order valence-corrected chi connectivity index (χ2v) is 14.8. The number of rotatable bonds is 15. The molecule has 2 heterocycles. The third kappa shape index (κ3) is 9.23. The first-order valence-electron chi connectivity index (χ1n) is 16.9. The molecule has 0 bridgehead atoms. The van der Waals surface area contributed by atoms with E-state index in [1.807, 2.05) is 0 Å². The first-order valence-corrected chi connectivity index (χ1v) is 18.6. The Morgan fingerprint density at radius 2 is 1.38 bits per heavy atom. The predicted octanol–water partition coefficient (Wildman–Crippen LogP) is 4.59. The molecule has 2 unspecified atom stereocenters. The molecule has 0 aromatic heterocycles. The molecule has 0 saturated carbocycles. The molecule has 4 aromatic carbocycles. The number of nitrogens with zero attached hydrogens (tertiary/aromatic N) is 2. The minimum atomic E-state index is -4.08. The molecule has 0 radical (unpaired) electrons. The molecule has 1 amide bonds. The lowest BCUT2D eigenvalue weighted by molar-refractivity contribution is -0.384. The number of sulfone groups is 1. The Hall–Kier alpha value is -6.39. The van der Waals surface area contributed by atoms with Gasteiger partial charge in [0, 0.05) is 30.5 Å². The Kier molecular flexibility index (Phi) is 11.7. The zero-order valence-corrected chi connectivity index (χ0v) is 29.9. The molecular weight excluding hydrogens is 736 g/mol. The van der Waals surface area contributed by atoms with E-state index in [-0.39, 0.29) is 66.9 Å². The molecule has 6 rings (SSSR count). The van der Waals surface area contributed by atoms with Gasteiger partial charge >= 0.3 is 12.1 Å².